The van der Waals surface area contributed by atoms with Gasteiger partial charge in [-0.3, -0.25) is 9.69 Å². The van der Waals surface area contributed by atoms with Gasteiger partial charge in [0.1, 0.15) is 5.60 Å². The minimum Gasteiger partial charge on any atom is -0.493 e. The molecule has 0 aromatic heterocycles. The van der Waals surface area contributed by atoms with Gasteiger partial charge in [0, 0.05) is 32.2 Å². The molecule has 31 heavy (non-hydrogen) atoms. The van der Waals surface area contributed by atoms with Crippen LogP contribution in [0.4, 0.5) is 4.79 Å². The van der Waals surface area contributed by atoms with E-state index in [-0.39, 0.29) is 18.0 Å². The fraction of sp³-hybridized carbons (Fsp3) is 0.652. The van der Waals surface area contributed by atoms with Gasteiger partial charge >= 0.3 is 6.09 Å². The molecule has 0 radical (unpaired) electrons. The maximum absolute atomic E-state index is 12.9. The third kappa shape index (κ3) is 6.26. The van der Waals surface area contributed by atoms with Crippen LogP contribution in [0.1, 0.15) is 44.7 Å². The fourth-order valence-electron chi connectivity index (χ4n) is 4.10. The average Bonchev–Trinajstić information content (AvgIpc) is 2.72. The molecule has 172 valence electrons. The Morgan fingerprint density at radius 2 is 1.65 bits per heavy atom. The minimum atomic E-state index is -0.501. The average molecular weight is 434 g/mol. The molecule has 2 aliphatic rings. The van der Waals surface area contributed by atoms with Crippen LogP contribution in [0.5, 0.6) is 11.5 Å². The van der Waals surface area contributed by atoms with Gasteiger partial charge in [0.25, 0.3) is 0 Å². The van der Waals surface area contributed by atoms with Gasteiger partial charge in [0.2, 0.25) is 5.91 Å². The number of piperidine rings is 1. The normalized spacial score (nSPS) is 17.6. The molecule has 2 heterocycles. The third-order valence-corrected chi connectivity index (χ3v) is 5.74. The predicted molar refractivity (Wildman–Crippen MR) is 117 cm³/mol. The summed E-state index contributed by atoms with van der Waals surface area (Å²) in [6.07, 6.45) is 2.06. The van der Waals surface area contributed by atoms with E-state index in [1.165, 1.54) is 5.56 Å². The Bertz CT molecular complexity index is 797. The van der Waals surface area contributed by atoms with Crippen LogP contribution in [-0.4, -0.2) is 73.8 Å². The molecule has 8 heteroatoms. The van der Waals surface area contributed by atoms with Crippen LogP contribution in [0.2, 0.25) is 0 Å². The summed E-state index contributed by atoms with van der Waals surface area (Å²) in [4.78, 5) is 28.9. The van der Waals surface area contributed by atoms with E-state index in [1.807, 2.05) is 37.8 Å². The van der Waals surface area contributed by atoms with E-state index >= 15 is 0 Å². The molecule has 0 saturated carbocycles. The maximum Gasteiger partial charge on any atom is 0.407 e. The van der Waals surface area contributed by atoms with Gasteiger partial charge in [-0.05, 0) is 63.3 Å². The lowest BCUT2D eigenvalue weighted by Crippen LogP contribution is -2.49. The van der Waals surface area contributed by atoms with E-state index in [1.54, 1.807) is 14.2 Å². The molecule has 0 spiro atoms. The lowest BCUT2D eigenvalue weighted by Gasteiger charge is -2.35. The number of amides is 2. The molecule has 0 atom stereocenters. The number of alkyl carbamates (subject to hydrolysis) is 1. The molecule has 8 nitrogen and oxygen atoms in total. The van der Waals surface area contributed by atoms with Crippen molar-refractivity contribution in [3.05, 3.63) is 23.3 Å². The van der Waals surface area contributed by atoms with Crippen molar-refractivity contribution < 1.29 is 23.8 Å². The number of likely N-dealkylation sites (tertiary alicyclic amines) is 1. The number of benzene rings is 1. The molecular formula is C23H35N3O5. The Labute approximate surface area is 184 Å². The number of hydrogen-bond acceptors (Lipinski definition) is 6. The van der Waals surface area contributed by atoms with Gasteiger partial charge < -0.3 is 24.4 Å². The van der Waals surface area contributed by atoms with Crippen molar-refractivity contribution in [1.29, 1.82) is 0 Å². The number of carbonyl (C=O) groups is 2. The van der Waals surface area contributed by atoms with E-state index in [4.69, 9.17) is 14.2 Å². The number of methoxy groups -OCH3 is 2. The second kappa shape index (κ2) is 9.77. The molecule has 1 fully saturated rings. The van der Waals surface area contributed by atoms with Gasteiger partial charge in [0.15, 0.2) is 11.5 Å². The van der Waals surface area contributed by atoms with Crippen LogP contribution < -0.4 is 14.8 Å². The lowest BCUT2D eigenvalue weighted by atomic mass is 9.98. The van der Waals surface area contributed by atoms with Crippen LogP contribution in [0, 0.1) is 0 Å². The van der Waals surface area contributed by atoms with Gasteiger partial charge in [-0.25, -0.2) is 4.79 Å². The van der Waals surface area contributed by atoms with Crippen LogP contribution >= 0.6 is 0 Å². The highest BCUT2D eigenvalue weighted by molar-refractivity contribution is 5.78. The highest BCUT2D eigenvalue weighted by atomic mass is 16.6. The summed E-state index contributed by atoms with van der Waals surface area (Å²) in [7, 11) is 3.26. The summed E-state index contributed by atoms with van der Waals surface area (Å²) in [5.41, 5.74) is 1.81. The van der Waals surface area contributed by atoms with Crippen molar-refractivity contribution in [2.75, 3.05) is 40.4 Å². The summed E-state index contributed by atoms with van der Waals surface area (Å²) in [6.45, 7) is 8.82. The second-order valence-corrected chi connectivity index (χ2v) is 9.24. The highest BCUT2D eigenvalue weighted by Gasteiger charge is 2.27. The molecule has 0 bridgehead atoms. The molecule has 1 aromatic rings. The first-order chi connectivity index (χ1) is 14.7. The maximum atomic E-state index is 12.9. The van der Waals surface area contributed by atoms with E-state index in [2.05, 4.69) is 10.2 Å². The van der Waals surface area contributed by atoms with Crippen LogP contribution in [0.25, 0.3) is 0 Å². The van der Waals surface area contributed by atoms with Crippen molar-refractivity contribution in [2.24, 2.45) is 0 Å². The van der Waals surface area contributed by atoms with E-state index in [0.29, 0.717) is 25.4 Å². The zero-order valence-corrected chi connectivity index (χ0v) is 19.3. The van der Waals surface area contributed by atoms with Crippen molar-refractivity contribution in [3.8, 4) is 11.5 Å². The Kier molecular flexibility index (Phi) is 7.30. The Morgan fingerprint density at radius 3 is 2.23 bits per heavy atom. The highest BCUT2D eigenvalue weighted by Crippen LogP contribution is 2.33. The molecule has 1 N–H and O–H groups in total. The molecule has 1 aromatic carbocycles. The first-order valence-electron chi connectivity index (χ1n) is 10.9. The molecule has 3 rings (SSSR count). The molecule has 2 amide bonds. The predicted octanol–water partition coefficient (Wildman–Crippen LogP) is 2.58. The van der Waals surface area contributed by atoms with E-state index < -0.39 is 5.60 Å². The molecule has 0 aliphatic carbocycles. The summed E-state index contributed by atoms with van der Waals surface area (Å²) in [6, 6.07) is 4.07. The number of rotatable bonds is 5. The molecule has 2 aliphatic heterocycles. The molecular weight excluding hydrogens is 398 g/mol. The van der Waals surface area contributed by atoms with Crippen LogP contribution in [0.3, 0.4) is 0 Å². The van der Waals surface area contributed by atoms with Crippen molar-refractivity contribution in [3.63, 3.8) is 0 Å². The summed E-state index contributed by atoms with van der Waals surface area (Å²) in [5.74, 6) is 1.55. The number of hydrogen-bond donors (Lipinski definition) is 1. The molecule has 0 unspecified atom stereocenters. The lowest BCUT2D eigenvalue weighted by molar-refractivity contribution is -0.133. The number of nitrogens with zero attached hydrogens (tertiary/aromatic N) is 2. The second-order valence-electron chi connectivity index (χ2n) is 9.24. The zero-order chi connectivity index (χ0) is 22.6. The number of fused-ring (bicyclic) bond motifs is 1. The van der Waals surface area contributed by atoms with Crippen LogP contribution in [0.15, 0.2) is 12.1 Å². The van der Waals surface area contributed by atoms with Crippen LogP contribution in [-0.2, 0) is 22.5 Å². The number of nitrogens with one attached hydrogen (secondary N) is 1. The zero-order valence-electron chi connectivity index (χ0n) is 19.3. The van der Waals surface area contributed by atoms with Gasteiger partial charge in [-0.2, -0.15) is 0 Å². The van der Waals surface area contributed by atoms with Gasteiger partial charge in [-0.1, -0.05) is 0 Å². The Hall–Kier alpha value is -2.48. The third-order valence-electron chi connectivity index (χ3n) is 5.74. The first-order valence-corrected chi connectivity index (χ1v) is 10.9. The minimum absolute atomic E-state index is 0.0884. The SMILES string of the molecule is COc1cc2c(cc1OC)CN(C(=O)CN1CCC(NC(=O)OC(C)(C)C)CC1)CC2. The first kappa shape index (κ1) is 23.2. The van der Waals surface area contributed by atoms with Crippen molar-refractivity contribution in [1.82, 2.24) is 15.1 Å². The summed E-state index contributed by atoms with van der Waals surface area (Å²) < 4.78 is 16.1. The monoisotopic (exact) mass is 433 g/mol. The fourth-order valence-corrected chi connectivity index (χ4v) is 4.10. The number of ether oxygens (including phenoxy) is 3. The Balaban J connectivity index is 1.48. The van der Waals surface area contributed by atoms with E-state index in [0.717, 1.165) is 43.7 Å². The van der Waals surface area contributed by atoms with Crippen molar-refractivity contribution >= 4 is 12.0 Å². The topological polar surface area (TPSA) is 80.3 Å². The smallest absolute Gasteiger partial charge is 0.407 e. The van der Waals surface area contributed by atoms with Gasteiger partial charge in [0.05, 0.1) is 20.8 Å². The summed E-state index contributed by atoms with van der Waals surface area (Å²) in [5, 5.41) is 2.94. The molecule has 1 saturated heterocycles. The van der Waals surface area contributed by atoms with E-state index in [9.17, 15) is 9.59 Å². The quantitative estimate of drug-likeness (QED) is 0.769. The van der Waals surface area contributed by atoms with Gasteiger partial charge in [-0.15, -0.1) is 0 Å². The largest absolute Gasteiger partial charge is 0.493 e. The number of carbonyl (C=O) groups excluding carboxylic acids is 2. The standard InChI is InChI=1S/C23H35N3O5/c1-23(2,3)31-22(28)24-18-7-9-25(10-8-18)15-21(27)26-11-6-16-12-19(29-4)20(30-5)13-17(16)14-26/h12-13,18H,6-11,14-15H2,1-5H3,(H,24,28). The summed E-state index contributed by atoms with van der Waals surface area (Å²) >= 11 is 0. The van der Waals surface area contributed by atoms with Crippen molar-refractivity contribution in [2.45, 2.75) is 58.2 Å². The Morgan fingerprint density at radius 1 is 1.03 bits per heavy atom.